The summed E-state index contributed by atoms with van der Waals surface area (Å²) in [4.78, 5) is 0. The van der Waals surface area contributed by atoms with Crippen LogP contribution in [0.2, 0.25) is 0 Å². The van der Waals surface area contributed by atoms with Gasteiger partial charge in [0.1, 0.15) is 19.6 Å². The molecule has 0 aliphatic carbocycles. The molecule has 1 heterocycles. The number of phenols is 2. The lowest BCUT2D eigenvalue weighted by Gasteiger charge is -2.29. The van der Waals surface area contributed by atoms with Crippen molar-refractivity contribution in [1.82, 2.24) is 0 Å². The van der Waals surface area contributed by atoms with Crippen LogP contribution in [0.25, 0.3) is 0 Å². The molecule has 0 unspecified atom stereocenters. The standard InChI is InChI=1S/C16H17NO2.CH4O4S/c1-17(9-12-5-3-2-4-6-12)10-13-7-15(18)16(19)8-14(13)11-17;1-5-6(2,3)4/h2-8H,9-11H2,1H3,(H-,18,19);1H3,(H,2,3,4). The van der Waals surface area contributed by atoms with Crippen LogP contribution in [-0.4, -0.2) is 41.8 Å². The fourth-order valence-electron chi connectivity index (χ4n) is 2.97. The Morgan fingerprint density at radius 1 is 1.08 bits per heavy atom. The van der Waals surface area contributed by atoms with Crippen LogP contribution >= 0.6 is 0 Å². The van der Waals surface area contributed by atoms with Crippen molar-refractivity contribution in [3.05, 3.63) is 59.2 Å². The average molecular weight is 367 g/mol. The average Bonchev–Trinajstić information content (AvgIpc) is 2.83. The molecule has 136 valence electrons. The van der Waals surface area contributed by atoms with Gasteiger partial charge in [-0.2, -0.15) is 0 Å². The summed E-state index contributed by atoms with van der Waals surface area (Å²) in [7, 11) is -1.39. The maximum Gasteiger partial charge on any atom is 0.217 e. The first-order valence-electron chi connectivity index (χ1n) is 7.54. The summed E-state index contributed by atoms with van der Waals surface area (Å²) in [5, 5.41) is 19.2. The number of fused-ring (bicyclic) bond motifs is 1. The minimum Gasteiger partial charge on any atom is -0.726 e. The third kappa shape index (κ3) is 5.43. The van der Waals surface area contributed by atoms with Gasteiger partial charge in [-0.3, -0.25) is 4.18 Å². The molecule has 0 amide bonds. The van der Waals surface area contributed by atoms with Gasteiger partial charge < -0.3 is 19.2 Å². The first kappa shape index (κ1) is 19.2. The minimum absolute atomic E-state index is 0.0214. The molecule has 0 spiro atoms. The van der Waals surface area contributed by atoms with E-state index in [9.17, 15) is 23.2 Å². The molecule has 0 fully saturated rings. The molecule has 0 radical (unpaired) electrons. The molecule has 1 aliphatic rings. The number of hydrogen-bond donors (Lipinski definition) is 2. The van der Waals surface area contributed by atoms with Crippen molar-refractivity contribution in [2.45, 2.75) is 19.6 Å². The highest BCUT2D eigenvalue weighted by Gasteiger charge is 2.32. The highest BCUT2D eigenvalue weighted by molar-refractivity contribution is 7.80. The van der Waals surface area contributed by atoms with Gasteiger partial charge in [0.15, 0.2) is 11.5 Å². The lowest BCUT2D eigenvalue weighted by atomic mass is 10.1. The van der Waals surface area contributed by atoms with Gasteiger partial charge in [0, 0.05) is 16.7 Å². The number of hydrogen-bond acceptors (Lipinski definition) is 6. The number of rotatable bonds is 3. The van der Waals surface area contributed by atoms with E-state index in [1.54, 1.807) is 12.1 Å². The molecule has 25 heavy (non-hydrogen) atoms. The molecule has 1 aliphatic heterocycles. The van der Waals surface area contributed by atoms with Gasteiger partial charge in [-0.1, -0.05) is 30.3 Å². The molecular weight excluding hydrogens is 346 g/mol. The van der Waals surface area contributed by atoms with Gasteiger partial charge in [0.05, 0.1) is 14.2 Å². The van der Waals surface area contributed by atoms with Crippen molar-refractivity contribution in [3.8, 4) is 11.5 Å². The molecular formula is C17H21NO6S. The number of quaternary nitrogens is 1. The lowest BCUT2D eigenvalue weighted by Crippen LogP contribution is -2.37. The van der Waals surface area contributed by atoms with Crippen LogP contribution in [0.4, 0.5) is 0 Å². The van der Waals surface area contributed by atoms with Crippen molar-refractivity contribution in [2.24, 2.45) is 0 Å². The van der Waals surface area contributed by atoms with E-state index in [4.69, 9.17) is 0 Å². The number of phenolic OH excluding ortho intramolecular Hbond substituents is 2. The summed E-state index contributed by atoms with van der Waals surface area (Å²) < 4.78 is 31.9. The largest absolute Gasteiger partial charge is 0.726 e. The zero-order chi connectivity index (χ0) is 18.7. The molecule has 7 nitrogen and oxygen atoms in total. The van der Waals surface area contributed by atoms with E-state index in [1.165, 1.54) is 5.56 Å². The Balaban J connectivity index is 0.000000326. The van der Waals surface area contributed by atoms with E-state index in [1.807, 2.05) is 6.07 Å². The van der Waals surface area contributed by atoms with Gasteiger partial charge in [-0.15, -0.1) is 0 Å². The van der Waals surface area contributed by atoms with Gasteiger partial charge in [-0.25, -0.2) is 8.42 Å². The second kappa shape index (κ2) is 7.40. The van der Waals surface area contributed by atoms with Crippen molar-refractivity contribution >= 4 is 10.4 Å². The van der Waals surface area contributed by atoms with Crippen LogP contribution in [0, 0.1) is 0 Å². The topological polar surface area (TPSA) is 107 Å². The van der Waals surface area contributed by atoms with Crippen molar-refractivity contribution in [1.29, 1.82) is 0 Å². The fraction of sp³-hybridized carbons (Fsp3) is 0.294. The van der Waals surface area contributed by atoms with Gasteiger partial charge in [-0.05, 0) is 12.1 Å². The summed E-state index contributed by atoms with van der Waals surface area (Å²) in [5.74, 6) is -0.0428. The van der Waals surface area contributed by atoms with Crippen LogP contribution in [0.1, 0.15) is 16.7 Å². The molecule has 0 saturated carbocycles. The Labute approximate surface area is 147 Å². The molecule has 3 rings (SSSR count). The van der Waals surface area contributed by atoms with Gasteiger partial charge in [0.25, 0.3) is 0 Å². The molecule has 2 aromatic carbocycles. The molecule has 0 bridgehead atoms. The van der Waals surface area contributed by atoms with Crippen LogP contribution in [0.15, 0.2) is 42.5 Å². The van der Waals surface area contributed by atoms with Crippen molar-refractivity contribution in [3.63, 3.8) is 0 Å². The normalized spacial score (nSPS) is 15.2. The summed E-state index contributed by atoms with van der Waals surface area (Å²) >= 11 is 0. The predicted molar refractivity (Wildman–Crippen MR) is 90.2 cm³/mol. The maximum atomic E-state index is 9.59. The Kier molecular flexibility index (Phi) is 5.69. The van der Waals surface area contributed by atoms with E-state index in [0.717, 1.165) is 42.4 Å². The Morgan fingerprint density at radius 2 is 1.52 bits per heavy atom. The van der Waals surface area contributed by atoms with Crippen LogP contribution in [0.5, 0.6) is 11.5 Å². The maximum absolute atomic E-state index is 9.59. The Hall–Kier alpha value is -2.13. The number of nitrogens with zero attached hydrogens (tertiary/aromatic N) is 1. The molecule has 0 saturated heterocycles. The molecule has 2 aromatic rings. The molecule has 0 atom stereocenters. The van der Waals surface area contributed by atoms with Crippen molar-refractivity contribution < 1.29 is 31.8 Å². The van der Waals surface area contributed by atoms with E-state index in [-0.39, 0.29) is 11.5 Å². The molecule has 8 heteroatoms. The SMILES string of the molecule is COS(=O)(=O)[O-].C[N+]1(Cc2ccccc2)Cc2cc(O)c(O)cc2C1. The highest BCUT2D eigenvalue weighted by Crippen LogP contribution is 2.36. The van der Waals surface area contributed by atoms with E-state index in [2.05, 4.69) is 35.5 Å². The second-order valence-electron chi connectivity index (χ2n) is 6.26. The fourth-order valence-corrected chi connectivity index (χ4v) is 2.97. The van der Waals surface area contributed by atoms with Crippen LogP contribution in [0.3, 0.4) is 0 Å². The van der Waals surface area contributed by atoms with Crippen LogP contribution < -0.4 is 0 Å². The Morgan fingerprint density at radius 3 is 1.92 bits per heavy atom. The summed E-state index contributed by atoms with van der Waals surface area (Å²) in [6.07, 6.45) is 0. The zero-order valence-corrected chi connectivity index (χ0v) is 14.9. The van der Waals surface area contributed by atoms with E-state index < -0.39 is 10.4 Å². The first-order valence-corrected chi connectivity index (χ1v) is 8.88. The summed E-state index contributed by atoms with van der Waals surface area (Å²) in [6.45, 7) is 2.73. The van der Waals surface area contributed by atoms with Gasteiger partial charge >= 0.3 is 0 Å². The monoisotopic (exact) mass is 367 g/mol. The van der Waals surface area contributed by atoms with Crippen LogP contribution in [-0.2, 0) is 34.2 Å². The summed E-state index contributed by atoms with van der Waals surface area (Å²) in [5.41, 5.74) is 3.58. The van der Waals surface area contributed by atoms with Crippen molar-refractivity contribution in [2.75, 3.05) is 14.2 Å². The molecule has 0 aromatic heterocycles. The third-order valence-corrected chi connectivity index (χ3v) is 4.42. The van der Waals surface area contributed by atoms with E-state index >= 15 is 0 Å². The third-order valence-electron chi connectivity index (χ3n) is 4.01. The van der Waals surface area contributed by atoms with E-state index in [0.29, 0.717) is 0 Å². The number of benzene rings is 2. The molecule has 2 N–H and O–H groups in total. The zero-order valence-electron chi connectivity index (χ0n) is 14.0. The summed E-state index contributed by atoms with van der Waals surface area (Å²) in [6, 6.07) is 13.8. The lowest BCUT2D eigenvalue weighted by molar-refractivity contribution is -0.941. The number of aromatic hydroxyl groups is 2. The second-order valence-corrected chi connectivity index (χ2v) is 7.41. The quantitative estimate of drug-likeness (QED) is 0.371. The smallest absolute Gasteiger partial charge is 0.217 e. The highest BCUT2D eigenvalue weighted by atomic mass is 32.3. The predicted octanol–water partition coefficient (Wildman–Crippen LogP) is 1.85. The minimum atomic E-state index is -4.41. The first-order chi connectivity index (χ1) is 11.6. The Bertz CT molecular complexity index is 805. The van der Waals surface area contributed by atoms with Gasteiger partial charge in [0.2, 0.25) is 10.4 Å².